The zero-order chi connectivity index (χ0) is 14.5. The lowest BCUT2D eigenvalue weighted by Gasteiger charge is -2.10. The quantitative estimate of drug-likeness (QED) is 0.857. The van der Waals surface area contributed by atoms with Crippen molar-refractivity contribution >= 4 is 23.4 Å². The van der Waals surface area contributed by atoms with Crippen LogP contribution >= 0.6 is 11.3 Å². The van der Waals surface area contributed by atoms with E-state index in [-0.39, 0.29) is 0 Å². The lowest BCUT2D eigenvalue weighted by molar-refractivity contribution is -0.131. The van der Waals surface area contributed by atoms with Crippen LogP contribution in [0.2, 0.25) is 0 Å². The van der Waals surface area contributed by atoms with Crippen molar-refractivity contribution in [2.75, 3.05) is 0 Å². The number of aryl methyl sites for hydroxylation is 2. The average molecular weight is 289 g/mol. The summed E-state index contributed by atoms with van der Waals surface area (Å²) in [6.07, 6.45) is 2.65. The van der Waals surface area contributed by atoms with Crippen molar-refractivity contribution in [3.8, 4) is 5.75 Å². The first kappa shape index (κ1) is 14.3. The number of nitrogens with zero attached hydrogens (tertiary/aromatic N) is 1. The fourth-order valence-electron chi connectivity index (χ4n) is 1.77. The summed E-state index contributed by atoms with van der Waals surface area (Å²) in [4.78, 5) is 15.0. The predicted octanol–water partition coefficient (Wildman–Crippen LogP) is 3.44. The summed E-state index contributed by atoms with van der Waals surface area (Å²) < 4.78 is 5.80. The van der Waals surface area contributed by atoms with Gasteiger partial charge in [-0.05, 0) is 25.5 Å². The molecule has 2 rings (SSSR count). The number of carbonyl (C=O) groups is 1. The van der Waals surface area contributed by atoms with Crippen LogP contribution in [-0.4, -0.2) is 16.1 Å². The Morgan fingerprint density at radius 2 is 2.25 bits per heavy atom. The molecule has 0 aliphatic carbocycles. The van der Waals surface area contributed by atoms with Crippen molar-refractivity contribution in [3.05, 3.63) is 51.5 Å². The molecule has 0 radical (unpaired) electrons. The molecule has 0 saturated heterocycles. The van der Waals surface area contributed by atoms with Gasteiger partial charge in [-0.2, -0.15) is 0 Å². The monoisotopic (exact) mass is 289 g/mol. The van der Waals surface area contributed by atoms with Crippen LogP contribution in [0.3, 0.4) is 0 Å². The van der Waals surface area contributed by atoms with Crippen LogP contribution in [-0.2, 0) is 11.4 Å². The molecule has 1 aromatic carbocycles. The maximum atomic E-state index is 10.6. The van der Waals surface area contributed by atoms with E-state index in [0.29, 0.717) is 12.4 Å². The standard InChI is InChI=1S/C15H15NO3S/c1-10-4-3-5-12(6-7-14(17)18)15(10)19-8-13-16-11(2)9-20-13/h3-7,9H,8H2,1-2H3,(H,17,18)/b7-6+. The number of ether oxygens (including phenoxy) is 1. The number of aromatic nitrogens is 1. The first-order valence-corrected chi connectivity index (χ1v) is 6.98. The number of rotatable bonds is 5. The highest BCUT2D eigenvalue weighted by Crippen LogP contribution is 2.26. The number of thiazole rings is 1. The number of para-hydroxylation sites is 1. The van der Waals surface area contributed by atoms with Gasteiger partial charge in [-0.15, -0.1) is 11.3 Å². The minimum atomic E-state index is -0.979. The van der Waals surface area contributed by atoms with E-state index < -0.39 is 5.97 Å². The molecular formula is C15H15NO3S. The average Bonchev–Trinajstić information content (AvgIpc) is 2.81. The van der Waals surface area contributed by atoms with Crippen LogP contribution in [0.1, 0.15) is 21.8 Å². The molecule has 1 aromatic heterocycles. The third-order valence-corrected chi connectivity index (χ3v) is 3.59. The molecule has 0 aliphatic heterocycles. The highest BCUT2D eigenvalue weighted by atomic mass is 32.1. The van der Waals surface area contributed by atoms with Crippen LogP contribution in [0, 0.1) is 13.8 Å². The smallest absolute Gasteiger partial charge is 0.328 e. The molecule has 0 amide bonds. The van der Waals surface area contributed by atoms with E-state index in [4.69, 9.17) is 9.84 Å². The molecule has 5 heteroatoms. The number of benzene rings is 1. The molecule has 1 N–H and O–H groups in total. The number of hydrogen-bond donors (Lipinski definition) is 1. The Bertz CT molecular complexity index is 646. The number of aliphatic carboxylic acids is 1. The van der Waals surface area contributed by atoms with Crippen molar-refractivity contribution in [1.29, 1.82) is 0 Å². The van der Waals surface area contributed by atoms with Crippen molar-refractivity contribution in [2.45, 2.75) is 20.5 Å². The van der Waals surface area contributed by atoms with E-state index in [2.05, 4.69) is 4.98 Å². The lowest BCUT2D eigenvalue weighted by Crippen LogP contribution is -1.99. The Morgan fingerprint density at radius 3 is 2.90 bits per heavy atom. The van der Waals surface area contributed by atoms with E-state index in [1.54, 1.807) is 11.3 Å². The summed E-state index contributed by atoms with van der Waals surface area (Å²) in [5, 5.41) is 11.6. The van der Waals surface area contributed by atoms with E-state index in [1.165, 1.54) is 6.08 Å². The summed E-state index contributed by atoms with van der Waals surface area (Å²) in [5.74, 6) is -0.286. The summed E-state index contributed by atoms with van der Waals surface area (Å²) >= 11 is 1.55. The normalized spacial score (nSPS) is 10.9. The maximum absolute atomic E-state index is 10.6. The van der Waals surface area contributed by atoms with Crippen molar-refractivity contribution in [1.82, 2.24) is 4.98 Å². The molecule has 20 heavy (non-hydrogen) atoms. The SMILES string of the molecule is Cc1csc(COc2c(C)cccc2/C=C/C(=O)O)n1. The second-order valence-corrected chi connectivity index (χ2v) is 5.28. The van der Waals surface area contributed by atoms with Gasteiger partial charge in [0.05, 0.1) is 0 Å². The van der Waals surface area contributed by atoms with Crippen LogP contribution in [0.4, 0.5) is 0 Å². The molecule has 0 unspecified atom stereocenters. The van der Waals surface area contributed by atoms with Crippen molar-refractivity contribution in [2.24, 2.45) is 0 Å². The second kappa shape index (κ2) is 6.34. The third-order valence-electron chi connectivity index (χ3n) is 2.65. The Balaban J connectivity index is 2.19. The molecule has 0 aliphatic rings. The van der Waals surface area contributed by atoms with Gasteiger partial charge in [0, 0.05) is 22.7 Å². The Morgan fingerprint density at radius 1 is 1.45 bits per heavy atom. The molecule has 1 heterocycles. The topological polar surface area (TPSA) is 59.4 Å². The van der Waals surface area contributed by atoms with Gasteiger partial charge in [0.25, 0.3) is 0 Å². The van der Waals surface area contributed by atoms with E-state index in [0.717, 1.165) is 27.9 Å². The third kappa shape index (κ3) is 3.68. The van der Waals surface area contributed by atoms with Gasteiger partial charge in [0.15, 0.2) is 0 Å². The van der Waals surface area contributed by atoms with Crippen LogP contribution in [0.25, 0.3) is 6.08 Å². The van der Waals surface area contributed by atoms with Gasteiger partial charge in [0.2, 0.25) is 0 Å². The van der Waals surface area contributed by atoms with E-state index in [9.17, 15) is 4.79 Å². The molecule has 0 fully saturated rings. The summed E-state index contributed by atoms with van der Waals surface area (Å²) in [6.45, 7) is 4.26. The van der Waals surface area contributed by atoms with Crippen LogP contribution < -0.4 is 4.74 Å². The molecule has 0 saturated carbocycles. The maximum Gasteiger partial charge on any atom is 0.328 e. The largest absolute Gasteiger partial charge is 0.486 e. The van der Waals surface area contributed by atoms with Gasteiger partial charge in [-0.1, -0.05) is 18.2 Å². The van der Waals surface area contributed by atoms with Crippen molar-refractivity contribution in [3.63, 3.8) is 0 Å². The van der Waals surface area contributed by atoms with Gasteiger partial charge in [-0.3, -0.25) is 0 Å². The minimum Gasteiger partial charge on any atom is -0.486 e. The van der Waals surface area contributed by atoms with Crippen LogP contribution in [0.15, 0.2) is 29.7 Å². The highest BCUT2D eigenvalue weighted by molar-refractivity contribution is 7.09. The molecule has 0 bridgehead atoms. The van der Waals surface area contributed by atoms with Crippen molar-refractivity contribution < 1.29 is 14.6 Å². The van der Waals surface area contributed by atoms with Gasteiger partial charge < -0.3 is 9.84 Å². The first-order valence-electron chi connectivity index (χ1n) is 6.10. The Kier molecular flexibility index (Phi) is 4.53. The predicted molar refractivity (Wildman–Crippen MR) is 79.0 cm³/mol. The Hall–Kier alpha value is -2.14. The molecule has 2 aromatic rings. The molecule has 104 valence electrons. The lowest BCUT2D eigenvalue weighted by atomic mass is 10.1. The van der Waals surface area contributed by atoms with E-state index in [1.807, 2.05) is 37.4 Å². The van der Waals surface area contributed by atoms with Gasteiger partial charge >= 0.3 is 5.97 Å². The number of carboxylic acids is 1. The molecular weight excluding hydrogens is 274 g/mol. The second-order valence-electron chi connectivity index (χ2n) is 4.34. The van der Waals surface area contributed by atoms with Gasteiger partial charge in [0.1, 0.15) is 17.4 Å². The molecule has 4 nitrogen and oxygen atoms in total. The number of hydrogen-bond acceptors (Lipinski definition) is 4. The minimum absolute atomic E-state index is 0.386. The molecule has 0 atom stereocenters. The summed E-state index contributed by atoms with van der Waals surface area (Å²) in [6, 6.07) is 5.63. The summed E-state index contributed by atoms with van der Waals surface area (Å²) in [5.41, 5.74) is 2.69. The molecule has 0 spiro atoms. The Labute approximate surface area is 121 Å². The van der Waals surface area contributed by atoms with E-state index >= 15 is 0 Å². The number of carboxylic acid groups (broad SMARTS) is 1. The fourth-order valence-corrected chi connectivity index (χ4v) is 2.45. The van der Waals surface area contributed by atoms with Crippen LogP contribution in [0.5, 0.6) is 5.75 Å². The zero-order valence-electron chi connectivity index (χ0n) is 11.3. The fraction of sp³-hybridized carbons (Fsp3) is 0.200. The van der Waals surface area contributed by atoms with Gasteiger partial charge in [-0.25, -0.2) is 9.78 Å². The highest BCUT2D eigenvalue weighted by Gasteiger charge is 2.07. The zero-order valence-corrected chi connectivity index (χ0v) is 12.1. The summed E-state index contributed by atoms with van der Waals surface area (Å²) in [7, 11) is 0. The first-order chi connectivity index (χ1) is 9.56.